The Morgan fingerprint density at radius 1 is 1.43 bits per heavy atom. The van der Waals surface area contributed by atoms with Gasteiger partial charge >= 0.3 is 0 Å². The van der Waals surface area contributed by atoms with Crippen LogP contribution in [0.2, 0.25) is 4.47 Å². The molecule has 0 fully saturated rings. The average Bonchev–Trinajstić information content (AvgIpc) is 2.58. The fourth-order valence-corrected chi connectivity index (χ4v) is 2.07. The highest BCUT2D eigenvalue weighted by atomic mass is 35.5. The smallest absolute Gasteiger partial charge is 0.183 e. The van der Waals surface area contributed by atoms with E-state index in [4.69, 9.17) is 16.3 Å². The lowest BCUT2D eigenvalue weighted by molar-refractivity contribution is 0.118. The Kier molecular flexibility index (Phi) is 6.15. The lowest BCUT2D eigenvalue weighted by atomic mass is 10.2. The van der Waals surface area contributed by atoms with E-state index in [1.54, 1.807) is 6.20 Å². The SMILES string of the molecule is CCCCCCOCc1cnc(Cl)s1. The number of aromatic nitrogens is 1. The summed E-state index contributed by atoms with van der Waals surface area (Å²) in [5.74, 6) is 0. The summed E-state index contributed by atoms with van der Waals surface area (Å²) < 4.78 is 6.08. The van der Waals surface area contributed by atoms with Crippen LogP contribution in [0.25, 0.3) is 0 Å². The zero-order valence-corrected chi connectivity index (χ0v) is 10.0. The van der Waals surface area contributed by atoms with Gasteiger partial charge in [0.05, 0.1) is 11.5 Å². The molecule has 2 nitrogen and oxygen atoms in total. The maximum Gasteiger partial charge on any atom is 0.183 e. The molecule has 1 aromatic heterocycles. The normalized spacial score (nSPS) is 10.7. The Morgan fingerprint density at radius 3 is 2.93 bits per heavy atom. The first-order valence-corrected chi connectivity index (χ1v) is 6.20. The number of halogens is 1. The van der Waals surface area contributed by atoms with Crippen LogP contribution in [-0.2, 0) is 11.3 Å². The van der Waals surface area contributed by atoms with Crippen molar-refractivity contribution < 1.29 is 4.74 Å². The Morgan fingerprint density at radius 2 is 2.29 bits per heavy atom. The molecule has 0 saturated carbocycles. The summed E-state index contributed by atoms with van der Waals surface area (Å²) >= 11 is 7.18. The van der Waals surface area contributed by atoms with Crippen molar-refractivity contribution in [2.45, 2.75) is 39.2 Å². The van der Waals surface area contributed by atoms with E-state index in [2.05, 4.69) is 11.9 Å². The Balaban J connectivity index is 1.99. The first-order chi connectivity index (χ1) is 6.83. The molecular formula is C10H16ClNOS. The molecule has 0 amide bonds. The first kappa shape index (κ1) is 12.0. The summed E-state index contributed by atoms with van der Waals surface area (Å²) in [6.07, 6.45) is 6.76. The predicted molar refractivity (Wildman–Crippen MR) is 60.9 cm³/mol. The second-order valence-corrected chi connectivity index (χ2v) is 4.89. The van der Waals surface area contributed by atoms with Crippen LogP contribution in [-0.4, -0.2) is 11.6 Å². The van der Waals surface area contributed by atoms with E-state index in [-0.39, 0.29) is 0 Å². The molecule has 0 N–H and O–H groups in total. The van der Waals surface area contributed by atoms with E-state index in [9.17, 15) is 0 Å². The van der Waals surface area contributed by atoms with E-state index in [0.29, 0.717) is 11.1 Å². The van der Waals surface area contributed by atoms with Gasteiger partial charge in [0.15, 0.2) is 4.47 Å². The Hall–Kier alpha value is -0.120. The van der Waals surface area contributed by atoms with E-state index >= 15 is 0 Å². The summed E-state index contributed by atoms with van der Waals surface area (Å²) in [5, 5.41) is 0. The molecule has 0 aliphatic rings. The molecule has 0 unspecified atom stereocenters. The third-order valence-corrected chi connectivity index (χ3v) is 3.00. The minimum absolute atomic E-state index is 0.592. The molecular weight excluding hydrogens is 218 g/mol. The maximum absolute atomic E-state index is 5.69. The van der Waals surface area contributed by atoms with E-state index in [1.807, 2.05) is 0 Å². The van der Waals surface area contributed by atoms with Gasteiger partial charge in [-0.3, -0.25) is 0 Å². The van der Waals surface area contributed by atoms with Crippen LogP contribution in [0.15, 0.2) is 6.20 Å². The van der Waals surface area contributed by atoms with Crippen molar-refractivity contribution in [3.05, 3.63) is 15.5 Å². The van der Waals surface area contributed by atoms with Crippen LogP contribution >= 0.6 is 22.9 Å². The molecule has 1 aromatic rings. The monoisotopic (exact) mass is 233 g/mol. The molecule has 0 radical (unpaired) electrons. The summed E-state index contributed by atoms with van der Waals surface area (Å²) in [6.45, 7) is 3.70. The molecule has 14 heavy (non-hydrogen) atoms. The highest BCUT2D eigenvalue weighted by Gasteiger charge is 1.98. The van der Waals surface area contributed by atoms with Gasteiger partial charge in [-0.25, -0.2) is 4.98 Å². The predicted octanol–water partition coefficient (Wildman–Crippen LogP) is 3.89. The number of unbranched alkanes of at least 4 members (excludes halogenated alkanes) is 3. The second kappa shape index (κ2) is 7.21. The van der Waals surface area contributed by atoms with Crippen molar-refractivity contribution in [2.24, 2.45) is 0 Å². The third kappa shape index (κ3) is 4.94. The molecule has 0 bridgehead atoms. The van der Waals surface area contributed by atoms with Crippen LogP contribution in [0.5, 0.6) is 0 Å². The summed E-state index contributed by atoms with van der Waals surface area (Å²) in [5.41, 5.74) is 0. The van der Waals surface area contributed by atoms with Gasteiger partial charge in [0, 0.05) is 12.8 Å². The zero-order chi connectivity index (χ0) is 10.2. The van der Waals surface area contributed by atoms with Crippen LogP contribution in [0.3, 0.4) is 0 Å². The Bertz CT molecular complexity index is 252. The van der Waals surface area contributed by atoms with Gasteiger partial charge in [-0.1, -0.05) is 37.8 Å². The molecule has 1 heterocycles. The van der Waals surface area contributed by atoms with Gasteiger partial charge in [-0.05, 0) is 6.42 Å². The van der Waals surface area contributed by atoms with Crippen LogP contribution in [0, 0.1) is 0 Å². The topological polar surface area (TPSA) is 22.1 Å². The van der Waals surface area contributed by atoms with Gasteiger partial charge < -0.3 is 4.74 Å². The quantitative estimate of drug-likeness (QED) is 0.667. The molecule has 0 aliphatic heterocycles. The van der Waals surface area contributed by atoms with Crippen molar-refractivity contribution in [2.75, 3.05) is 6.61 Å². The first-order valence-electron chi connectivity index (χ1n) is 5.01. The third-order valence-electron chi connectivity index (χ3n) is 1.91. The van der Waals surface area contributed by atoms with Crippen LogP contribution in [0.4, 0.5) is 0 Å². The summed E-state index contributed by atoms with van der Waals surface area (Å²) in [7, 11) is 0. The molecule has 4 heteroatoms. The molecule has 0 spiro atoms. The van der Waals surface area contributed by atoms with Crippen molar-refractivity contribution in [1.82, 2.24) is 4.98 Å². The largest absolute Gasteiger partial charge is 0.376 e. The fraction of sp³-hybridized carbons (Fsp3) is 0.700. The number of hydrogen-bond donors (Lipinski definition) is 0. The second-order valence-electron chi connectivity index (χ2n) is 3.19. The van der Waals surface area contributed by atoms with Crippen molar-refractivity contribution in [3.8, 4) is 0 Å². The van der Waals surface area contributed by atoms with Gasteiger partial charge in [0.2, 0.25) is 0 Å². The molecule has 0 saturated heterocycles. The van der Waals surface area contributed by atoms with Gasteiger partial charge in [-0.2, -0.15) is 0 Å². The van der Waals surface area contributed by atoms with E-state index < -0.39 is 0 Å². The molecule has 0 aliphatic carbocycles. The van der Waals surface area contributed by atoms with Gasteiger partial charge in [0.25, 0.3) is 0 Å². The number of hydrogen-bond acceptors (Lipinski definition) is 3. The highest BCUT2D eigenvalue weighted by molar-refractivity contribution is 7.15. The molecule has 0 aromatic carbocycles. The molecule has 1 rings (SSSR count). The summed E-state index contributed by atoms with van der Waals surface area (Å²) in [6, 6.07) is 0. The maximum atomic E-state index is 5.69. The average molecular weight is 234 g/mol. The highest BCUT2D eigenvalue weighted by Crippen LogP contribution is 2.18. The lowest BCUT2D eigenvalue weighted by Crippen LogP contribution is -1.93. The minimum atomic E-state index is 0.592. The number of ether oxygens (including phenoxy) is 1. The Labute approximate surface area is 94.3 Å². The standard InChI is InChI=1S/C10H16ClNOS/c1-2-3-4-5-6-13-8-9-7-12-10(11)14-9/h7H,2-6,8H2,1H3. The van der Waals surface area contributed by atoms with Crippen LogP contribution < -0.4 is 0 Å². The number of thiazole rings is 1. The minimum Gasteiger partial charge on any atom is -0.376 e. The fourth-order valence-electron chi connectivity index (χ4n) is 1.15. The summed E-state index contributed by atoms with van der Waals surface area (Å²) in [4.78, 5) is 5.05. The number of rotatable bonds is 7. The van der Waals surface area contributed by atoms with Crippen molar-refractivity contribution in [3.63, 3.8) is 0 Å². The van der Waals surface area contributed by atoms with Gasteiger partial charge in [0.1, 0.15) is 0 Å². The number of nitrogens with zero attached hydrogens (tertiary/aromatic N) is 1. The molecule has 80 valence electrons. The van der Waals surface area contributed by atoms with Gasteiger partial charge in [-0.15, -0.1) is 11.3 Å². The lowest BCUT2D eigenvalue weighted by Gasteiger charge is -2.01. The van der Waals surface area contributed by atoms with Crippen molar-refractivity contribution in [1.29, 1.82) is 0 Å². The van der Waals surface area contributed by atoms with Crippen molar-refractivity contribution >= 4 is 22.9 Å². The zero-order valence-electron chi connectivity index (χ0n) is 8.46. The van der Waals surface area contributed by atoms with E-state index in [0.717, 1.165) is 17.9 Å². The molecule has 0 atom stereocenters. The van der Waals surface area contributed by atoms with E-state index in [1.165, 1.54) is 30.6 Å². The van der Waals surface area contributed by atoms with Crippen LogP contribution in [0.1, 0.15) is 37.5 Å².